The predicted molar refractivity (Wildman–Crippen MR) is 141 cm³/mol. The molecule has 5 N–H and O–H groups in total. The molecule has 0 amide bonds. The minimum atomic E-state index is -3.80. The number of hydrogen-bond donors (Lipinski definition) is 4. The van der Waals surface area contributed by atoms with Crippen molar-refractivity contribution < 1.29 is 17.9 Å². The highest BCUT2D eigenvalue weighted by atomic mass is 35.5. The molecule has 0 aliphatic rings. The molecule has 3 aromatic carbocycles. The number of hydrogen-bond acceptors (Lipinski definition) is 6. The molecule has 0 bridgehead atoms. The van der Waals surface area contributed by atoms with Crippen molar-refractivity contribution in [3.05, 3.63) is 89.5 Å². The summed E-state index contributed by atoms with van der Waals surface area (Å²) in [6.07, 6.45) is 0.636. The Morgan fingerprint density at radius 2 is 1.66 bits per heavy atom. The number of ether oxygens (including phenoxy) is 1. The Hall–Kier alpha value is -3.56. The zero-order valence-electron chi connectivity index (χ0n) is 19.4. The van der Waals surface area contributed by atoms with E-state index in [0.717, 1.165) is 5.56 Å². The first kappa shape index (κ1) is 27.7. The summed E-state index contributed by atoms with van der Waals surface area (Å²) < 4.78 is 33.6. The van der Waals surface area contributed by atoms with E-state index in [1.54, 1.807) is 61.5 Å². The summed E-state index contributed by atoms with van der Waals surface area (Å²) in [6.45, 7) is 3.86. The number of esters is 1. The summed E-state index contributed by atoms with van der Waals surface area (Å²) in [4.78, 5) is 13.0. The predicted octanol–water partition coefficient (Wildman–Crippen LogP) is 4.47. The quantitative estimate of drug-likeness (QED) is 0.178. The number of carbonyl (C=O) groups excluding carboxylic acids is 1. The van der Waals surface area contributed by atoms with Gasteiger partial charge in [-0.2, -0.15) is 0 Å². The van der Waals surface area contributed by atoms with Crippen molar-refractivity contribution in [1.29, 1.82) is 5.41 Å². The van der Waals surface area contributed by atoms with E-state index < -0.39 is 22.0 Å². The van der Waals surface area contributed by atoms with E-state index in [0.29, 0.717) is 28.9 Å². The number of aryl methyl sites for hydroxylation is 1. The number of rotatable bonds is 10. The summed E-state index contributed by atoms with van der Waals surface area (Å²) in [5.41, 5.74) is 8.45. The number of nitrogens with two attached hydrogens (primary N) is 1. The van der Waals surface area contributed by atoms with Gasteiger partial charge in [-0.1, -0.05) is 31.2 Å². The van der Waals surface area contributed by atoms with E-state index in [1.165, 1.54) is 12.1 Å². The lowest BCUT2D eigenvalue weighted by molar-refractivity contribution is -0.144. The van der Waals surface area contributed by atoms with Crippen LogP contribution in [0.25, 0.3) is 0 Å². The second kappa shape index (κ2) is 12.2. The molecular weight excluding hydrogens is 488 g/mol. The summed E-state index contributed by atoms with van der Waals surface area (Å²) in [5, 5.41) is 10.7. The monoisotopic (exact) mass is 516 g/mol. The lowest BCUT2D eigenvalue weighted by Crippen LogP contribution is -2.24. The van der Waals surface area contributed by atoms with Crippen LogP contribution >= 0.6 is 12.4 Å². The van der Waals surface area contributed by atoms with Gasteiger partial charge in [0, 0.05) is 16.9 Å². The molecule has 8 nitrogen and oxygen atoms in total. The molecule has 35 heavy (non-hydrogen) atoms. The maximum Gasteiger partial charge on any atom is 0.333 e. The van der Waals surface area contributed by atoms with Crippen LogP contribution < -0.4 is 15.8 Å². The number of sulfonamides is 1. The van der Waals surface area contributed by atoms with Crippen LogP contribution in [0, 0.1) is 5.41 Å². The molecule has 3 rings (SSSR count). The Balaban J connectivity index is 0.00000432. The van der Waals surface area contributed by atoms with Gasteiger partial charge in [-0.15, -0.1) is 12.4 Å². The lowest BCUT2D eigenvalue weighted by Gasteiger charge is -2.21. The van der Waals surface area contributed by atoms with Crippen LogP contribution in [0.3, 0.4) is 0 Å². The van der Waals surface area contributed by atoms with Crippen LogP contribution in [0.4, 0.5) is 11.4 Å². The zero-order valence-corrected chi connectivity index (χ0v) is 21.1. The van der Waals surface area contributed by atoms with Crippen LogP contribution in [0.2, 0.25) is 0 Å². The topological polar surface area (TPSA) is 134 Å². The Morgan fingerprint density at radius 1 is 1.00 bits per heavy atom. The largest absolute Gasteiger partial charge is 0.464 e. The molecule has 3 aromatic rings. The van der Waals surface area contributed by atoms with Gasteiger partial charge in [0.25, 0.3) is 10.0 Å². The maximum absolute atomic E-state index is 12.9. The third-order valence-electron chi connectivity index (χ3n) is 5.09. The smallest absolute Gasteiger partial charge is 0.333 e. The summed E-state index contributed by atoms with van der Waals surface area (Å²) in [7, 11) is -3.80. The van der Waals surface area contributed by atoms with Crippen molar-refractivity contribution in [1.82, 2.24) is 0 Å². The van der Waals surface area contributed by atoms with E-state index >= 15 is 0 Å². The highest BCUT2D eigenvalue weighted by molar-refractivity contribution is 7.92. The molecule has 186 valence electrons. The fraction of sp³-hybridized carbons (Fsp3) is 0.200. The average molecular weight is 517 g/mol. The van der Waals surface area contributed by atoms with Crippen molar-refractivity contribution in [2.24, 2.45) is 5.73 Å². The molecule has 0 spiro atoms. The molecule has 0 aliphatic heterocycles. The van der Waals surface area contributed by atoms with E-state index in [1.807, 2.05) is 13.0 Å². The molecule has 10 heteroatoms. The lowest BCUT2D eigenvalue weighted by atomic mass is 10.0. The first-order chi connectivity index (χ1) is 16.2. The van der Waals surface area contributed by atoms with Crippen LogP contribution in [0.1, 0.15) is 36.6 Å². The van der Waals surface area contributed by atoms with Gasteiger partial charge in [0.1, 0.15) is 5.84 Å². The minimum absolute atomic E-state index is 0. The van der Waals surface area contributed by atoms with E-state index in [2.05, 4.69) is 10.0 Å². The molecular formula is C25H29ClN4O4S. The van der Waals surface area contributed by atoms with Crippen LogP contribution in [-0.4, -0.2) is 26.8 Å². The number of benzene rings is 3. The molecule has 0 saturated carbocycles. The van der Waals surface area contributed by atoms with Crippen molar-refractivity contribution >= 4 is 45.6 Å². The molecule has 0 fully saturated rings. The molecule has 1 atom stereocenters. The molecule has 0 aromatic heterocycles. The first-order valence-corrected chi connectivity index (χ1v) is 12.3. The Morgan fingerprint density at radius 3 is 2.23 bits per heavy atom. The van der Waals surface area contributed by atoms with Crippen molar-refractivity contribution in [3.63, 3.8) is 0 Å². The highest BCUT2D eigenvalue weighted by Gasteiger charge is 2.24. The van der Waals surface area contributed by atoms with Crippen LogP contribution in [0.15, 0.2) is 77.7 Å². The Labute approximate surface area is 211 Å². The van der Waals surface area contributed by atoms with Crippen molar-refractivity contribution in [2.45, 2.75) is 31.2 Å². The van der Waals surface area contributed by atoms with Crippen LogP contribution in [0.5, 0.6) is 0 Å². The summed E-state index contributed by atoms with van der Waals surface area (Å²) in [6, 6.07) is 19.2. The molecule has 1 unspecified atom stereocenters. The number of halogens is 1. The van der Waals surface area contributed by atoms with E-state index in [-0.39, 0.29) is 29.7 Å². The van der Waals surface area contributed by atoms with E-state index in [9.17, 15) is 13.2 Å². The highest BCUT2D eigenvalue weighted by Crippen LogP contribution is 2.27. The van der Waals surface area contributed by atoms with Gasteiger partial charge < -0.3 is 15.8 Å². The molecule has 0 aliphatic carbocycles. The Kier molecular flexibility index (Phi) is 9.68. The van der Waals surface area contributed by atoms with Crippen molar-refractivity contribution in [3.8, 4) is 0 Å². The first-order valence-electron chi connectivity index (χ1n) is 10.8. The second-order valence-corrected chi connectivity index (χ2v) is 9.24. The number of anilines is 2. The fourth-order valence-corrected chi connectivity index (χ4v) is 4.44. The van der Waals surface area contributed by atoms with Crippen LogP contribution in [-0.2, 0) is 26.0 Å². The molecule has 0 saturated heterocycles. The summed E-state index contributed by atoms with van der Waals surface area (Å²) >= 11 is 0. The fourth-order valence-electron chi connectivity index (χ4n) is 3.38. The van der Waals surface area contributed by atoms with Gasteiger partial charge in [0.15, 0.2) is 6.04 Å². The Bertz CT molecular complexity index is 1270. The normalized spacial score (nSPS) is 11.6. The maximum atomic E-state index is 12.9. The second-order valence-electron chi connectivity index (χ2n) is 7.56. The molecule has 0 radical (unpaired) electrons. The van der Waals surface area contributed by atoms with E-state index in [4.69, 9.17) is 15.9 Å². The number of nitrogen functional groups attached to an aromatic ring is 1. The van der Waals surface area contributed by atoms with Gasteiger partial charge in [-0.25, -0.2) is 13.2 Å². The molecule has 0 heterocycles. The third kappa shape index (κ3) is 7.21. The van der Waals surface area contributed by atoms with Gasteiger partial charge in [-0.05, 0) is 73.0 Å². The van der Waals surface area contributed by atoms with Gasteiger partial charge >= 0.3 is 5.97 Å². The number of carbonyl (C=O) groups is 1. The van der Waals surface area contributed by atoms with Gasteiger partial charge in [-0.3, -0.25) is 10.1 Å². The average Bonchev–Trinajstić information content (AvgIpc) is 2.83. The standard InChI is InChI=1S/C25H28N4O4S.ClH/c1-3-17-14-19(16-21(15-17)29-34(31,32)22-8-6-5-7-9-22)23(25(30)33-4-2)28-20-12-10-18(11-13-20)24(26)27;/h5-16,23,28-29H,3-4H2,1-2H3,(H3,26,27);1H. The van der Waals surface area contributed by atoms with Gasteiger partial charge in [0.05, 0.1) is 11.5 Å². The third-order valence-corrected chi connectivity index (χ3v) is 6.49. The van der Waals surface area contributed by atoms with Gasteiger partial charge in [0.2, 0.25) is 0 Å². The summed E-state index contributed by atoms with van der Waals surface area (Å²) in [5.74, 6) is -0.553. The number of amidine groups is 1. The van der Waals surface area contributed by atoms with Crippen molar-refractivity contribution in [2.75, 3.05) is 16.6 Å². The minimum Gasteiger partial charge on any atom is -0.464 e. The number of nitrogens with one attached hydrogen (secondary N) is 3. The zero-order chi connectivity index (χ0) is 24.7. The SMILES string of the molecule is CCOC(=O)C(Nc1ccc(C(=N)N)cc1)c1cc(CC)cc(NS(=O)(=O)c2ccccc2)c1.Cl.